The number of phenolic OH excluding ortho intramolecular Hbond substituents is 3. The van der Waals surface area contributed by atoms with Gasteiger partial charge in [-0.05, 0) is 23.6 Å². The molecule has 21 heavy (non-hydrogen) atoms. The van der Waals surface area contributed by atoms with Gasteiger partial charge in [-0.2, -0.15) is 0 Å². The van der Waals surface area contributed by atoms with Gasteiger partial charge >= 0.3 is 0 Å². The van der Waals surface area contributed by atoms with Crippen molar-refractivity contribution in [1.29, 1.82) is 0 Å². The van der Waals surface area contributed by atoms with E-state index in [4.69, 9.17) is 0 Å². The van der Waals surface area contributed by atoms with Crippen LogP contribution in [0.4, 0.5) is 0 Å². The van der Waals surface area contributed by atoms with Crippen LogP contribution in [0.1, 0.15) is 22.7 Å². The number of hydrogen-bond acceptors (Lipinski definition) is 4. The highest BCUT2D eigenvalue weighted by Crippen LogP contribution is 2.44. The quantitative estimate of drug-likeness (QED) is 0.639. The number of fused-ring (bicyclic) bond motifs is 1. The molecule has 0 aliphatic carbocycles. The second kappa shape index (κ2) is 5.50. The molecule has 1 unspecified atom stereocenters. The number of hydrogen-bond donors (Lipinski definition) is 4. The fourth-order valence-corrected chi connectivity index (χ4v) is 2.67. The van der Waals surface area contributed by atoms with Crippen LogP contribution in [0, 0.1) is 0 Å². The molecule has 4 N–H and O–H groups in total. The first kappa shape index (κ1) is 13.5. The minimum Gasteiger partial charge on any atom is -0.504 e. The average Bonchev–Trinajstić information content (AvgIpc) is 2.51. The van der Waals surface area contributed by atoms with Gasteiger partial charge in [0, 0.05) is 12.1 Å². The van der Waals surface area contributed by atoms with Crippen molar-refractivity contribution in [2.45, 2.75) is 12.5 Å². The lowest BCUT2D eigenvalue weighted by atomic mass is 9.92. The summed E-state index contributed by atoms with van der Waals surface area (Å²) in [5.74, 6) is -0.991. The molecule has 3 rings (SSSR count). The van der Waals surface area contributed by atoms with Crippen LogP contribution in [0.3, 0.4) is 0 Å². The molecule has 0 aromatic heterocycles. The Hall–Kier alpha value is -2.46. The third-order valence-electron chi connectivity index (χ3n) is 3.73. The molecule has 0 amide bonds. The van der Waals surface area contributed by atoms with E-state index in [0.717, 1.165) is 17.7 Å². The van der Waals surface area contributed by atoms with Gasteiger partial charge in [-0.1, -0.05) is 42.5 Å². The molecule has 108 valence electrons. The molecule has 1 aliphatic heterocycles. The first-order valence-corrected chi connectivity index (χ1v) is 6.90. The maximum Gasteiger partial charge on any atom is 0.200 e. The van der Waals surface area contributed by atoms with Crippen LogP contribution in [0.5, 0.6) is 17.2 Å². The van der Waals surface area contributed by atoms with E-state index in [0.29, 0.717) is 12.0 Å². The van der Waals surface area contributed by atoms with E-state index in [1.807, 2.05) is 42.5 Å². The second-order valence-electron chi connectivity index (χ2n) is 5.12. The lowest BCUT2D eigenvalue weighted by Gasteiger charge is -2.26. The topological polar surface area (TPSA) is 72.7 Å². The summed E-state index contributed by atoms with van der Waals surface area (Å²) >= 11 is 0. The van der Waals surface area contributed by atoms with Crippen molar-refractivity contribution in [1.82, 2.24) is 5.32 Å². The fraction of sp³-hybridized carbons (Fsp3) is 0.176. The monoisotopic (exact) mass is 283 g/mol. The van der Waals surface area contributed by atoms with Crippen molar-refractivity contribution in [2.75, 3.05) is 6.54 Å². The zero-order valence-corrected chi connectivity index (χ0v) is 11.5. The highest BCUT2D eigenvalue weighted by Gasteiger charge is 2.25. The van der Waals surface area contributed by atoms with Gasteiger partial charge in [0.05, 0.1) is 6.04 Å². The van der Waals surface area contributed by atoms with Crippen molar-refractivity contribution >= 4 is 6.08 Å². The highest BCUT2D eigenvalue weighted by molar-refractivity contribution is 5.61. The first-order chi connectivity index (χ1) is 10.2. The minimum atomic E-state index is -0.462. The molecule has 1 atom stereocenters. The number of phenols is 3. The van der Waals surface area contributed by atoms with Gasteiger partial charge in [0.25, 0.3) is 0 Å². The first-order valence-electron chi connectivity index (χ1n) is 6.90. The van der Waals surface area contributed by atoms with Crippen LogP contribution >= 0.6 is 0 Å². The number of rotatable bonds is 2. The minimum absolute atomic E-state index is 0.194. The van der Waals surface area contributed by atoms with Crippen LogP contribution in [-0.4, -0.2) is 21.9 Å². The average molecular weight is 283 g/mol. The summed E-state index contributed by atoms with van der Waals surface area (Å²) in [7, 11) is 0. The van der Waals surface area contributed by atoms with Crippen molar-refractivity contribution in [3.05, 3.63) is 59.2 Å². The molecule has 0 saturated carbocycles. The predicted molar refractivity (Wildman–Crippen MR) is 81.4 cm³/mol. The maximum absolute atomic E-state index is 10.1. The van der Waals surface area contributed by atoms with E-state index in [1.165, 1.54) is 6.07 Å². The molecular formula is C17H17NO3. The lowest BCUT2D eigenvalue weighted by molar-refractivity contribution is 0.359. The van der Waals surface area contributed by atoms with E-state index in [1.54, 1.807) is 0 Å². The summed E-state index contributed by atoms with van der Waals surface area (Å²) in [6.45, 7) is 0.750. The zero-order chi connectivity index (χ0) is 14.8. The molecule has 0 radical (unpaired) electrons. The summed E-state index contributed by atoms with van der Waals surface area (Å²) < 4.78 is 0. The molecular weight excluding hydrogens is 266 g/mol. The van der Waals surface area contributed by atoms with Crippen molar-refractivity contribution in [3.8, 4) is 17.2 Å². The molecule has 0 saturated heterocycles. The smallest absolute Gasteiger partial charge is 0.200 e. The molecule has 0 bridgehead atoms. The van der Waals surface area contributed by atoms with Gasteiger partial charge in [-0.15, -0.1) is 0 Å². The van der Waals surface area contributed by atoms with E-state index in [9.17, 15) is 15.3 Å². The Morgan fingerprint density at radius 3 is 2.57 bits per heavy atom. The molecule has 4 heteroatoms. The molecule has 1 heterocycles. The summed E-state index contributed by atoms with van der Waals surface area (Å²) in [6, 6.07) is 11.2. The molecule has 2 aromatic rings. The van der Waals surface area contributed by atoms with E-state index in [2.05, 4.69) is 5.32 Å². The summed E-state index contributed by atoms with van der Waals surface area (Å²) in [5.41, 5.74) is 2.54. The second-order valence-corrected chi connectivity index (χ2v) is 5.12. The summed E-state index contributed by atoms with van der Waals surface area (Å²) in [5, 5.41) is 32.7. The van der Waals surface area contributed by atoms with Crippen LogP contribution < -0.4 is 5.32 Å². The third kappa shape index (κ3) is 2.58. The molecule has 1 aliphatic rings. The van der Waals surface area contributed by atoms with Crippen LogP contribution in [0.25, 0.3) is 6.08 Å². The predicted octanol–water partition coefficient (Wildman–Crippen LogP) is 2.70. The largest absolute Gasteiger partial charge is 0.504 e. The Balaban J connectivity index is 1.97. The van der Waals surface area contributed by atoms with Gasteiger partial charge in [-0.3, -0.25) is 0 Å². The fourth-order valence-electron chi connectivity index (χ4n) is 2.67. The normalized spacial score (nSPS) is 17.8. The van der Waals surface area contributed by atoms with Crippen molar-refractivity contribution in [2.24, 2.45) is 0 Å². The van der Waals surface area contributed by atoms with Crippen LogP contribution in [0.15, 0.2) is 42.5 Å². The summed E-state index contributed by atoms with van der Waals surface area (Å²) in [6.07, 6.45) is 4.62. The Bertz CT molecular complexity index is 680. The molecule has 0 fully saturated rings. The molecule has 4 nitrogen and oxygen atoms in total. The Kier molecular flexibility index (Phi) is 3.54. The molecule has 2 aromatic carbocycles. The number of aromatic hydroxyl groups is 3. The Morgan fingerprint density at radius 2 is 1.81 bits per heavy atom. The zero-order valence-electron chi connectivity index (χ0n) is 11.5. The van der Waals surface area contributed by atoms with Crippen LogP contribution in [-0.2, 0) is 6.42 Å². The SMILES string of the molecule is Oc1cc2c(c(O)c1O)C(/C=C/c1ccccc1)NCC2. The van der Waals surface area contributed by atoms with Crippen molar-refractivity contribution in [3.63, 3.8) is 0 Å². The lowest BCUT2D eigenvalue weighted by Crippen LogP contribution is -2.28. The van der Waals surface area contributed by atoms with E-state index >= 15 is 0 Å². The summed E-state index contributed by atoms with van der Waals surface area (Å²) in [4.78, 5) is 0. The number of benzene rings is 2. The van der Waals surface area contributed by atoms with Gasteiger partial charge in [0.15, 0.2) is 11.5 Å². The Morgan fingerprint density at radius 1 is 1.05 bits per heavy atom. The number of nitrogens with one attached hydrogen (secondary N) is 1. The third-order valence-corrected chi connectivity index (χ3v) is 3.73. The Labute approximate surface area is 123 Å². The van der Waals surface area contributed by atoms with E-state index < -0.39 is 5.75 Å². The molecule has 0 spiro atoms. The van der Waals surface area contributed by atoms with Gasteiger partial charge in [0.1, 0.15) is 0 Å². The van der Waals surface area contributed by atoms with Crippen LogP contribution in [0.2, 0.25) is 0 Å². The van der Waals surface area contributed by atoms with Gasteiger partial charge in [0.2, 0.25) is 5.75 Å². The van der Waals surface area contributed by atoms with Gasteiger partial charge in [-0.25, -0.2) is 0 Å². The standard InChI is InChI=1S/C17H17NO3/c19-14-10-12-8-9-18-13(15(12)17(21)16(14)20)7-6-11-4-2-1-3-5-11/h1-7,10,13,18-21H,8-9H2/b7-6+. The highest BCUT2D eigenvalue weighted by atomic mass is 16.3. The van der Waals surface area contributed by atoms with E-state index in [-0.39, 0.29) is 17.5 Å². The maximum atomic E-state index is 10.1. The van der Waals surface area contributed by atoms with Crippen molar-refractivity contribution < 1.29 is 15.3 Å². The van der Waals surface area contributed by atoms with Gasteiger partial charge < -0.3 is 20.6 Å².